The van der Waals surface area contributed by atoms with E-state index >= 15 is 0 Å². The predicted molar refractivity (Wildman–Crippen MR) is 101 cm³/mol. The van der Waals surface area contributed by atoms with Gasteiger partial charge in [-0.15, -0.1) is 0 Å². The average molecular weight is 444 g/mol. The fourth-order valence-electron chi connectivity index (χ4n) is 3.29. The molecule has 0 spiro atoms. The second-order valence-electron chi connectivity index (χ2n) is 7.01. The Morgan fingerprint density at radius 1 is 1.03 bits per heavy atom. The molecule has 1 N–H and O–H groups in total. The lowest BCUT2D eigenvalue weighted by molar-refractivity contribution is -0.137. The van der Waals surface area contributed by atoms with E-state index in [0.717, 1.165) is 28.6 Å². The van der Waals surface area contributed by atoms with Crippen LogP contribution >= 0.6 is 0 Å². The Labute approximate surface area is 171 Å². The fraction of sp³-hybridized carbons (Fsp3) is 0.350. The molecule has 0 atom stereocenters. The number of rotatable bonds is 5. The van der Waals surface area contributed by atoms with Gasteiger partial charge in [-0.05, 0) is 43.2 Å². The summed E-state index contributed by atoms with van der Waals surface area (Å²) in [5.41, 5.74) is -0.570. The summed E-state index contributed by atoms with van der Waals surface area (Å²) in [4.78, 5) is 12.1. The Bertz CT molecular complexity index is 999. The number of sulfonamides is 1. The molecule has 1 heterocycles. The van der Waals surface area contributed by atoms with Gasteiger partial charge in [-0.2, -0.15) is 17.5 Å². The number of carbonyl (C=O) groups excluding carboxylic acids is 1. The van der Waals surface area contributed by atoms with Crippen molar-refractivity contribution in [2.24, 2.45) is 5.92 Å². The second kappa shape index (κ2) is 8.73. The molecular weight excluding hydrogens is 424 g/mol. The Balaban J connectivity index is 1.57. The summed E-state index contributed by atoms with van der Waals surface area (Å²) >= 11 is 0. The van der Waals surface area contributed by atoms with E-state index in [1.807, 2.05) is 0 Å². The minimum Gasteiger partial charge on any atom is -0.352 e. The zero-order chi connectivity index (χ0) is 21.9. The van der Waals surface area contributed by atoms with Crippen LogP contribution in [0.3, 0.4) is 0 Å². The van der Waals surface area contributed by atoms with E-state index in [0.29, 0.717) is 5.56 Å². The van der Waals surface area contributed by atoms with Crippen LogP contribution in [0.5, 0.6) is 0 Å². The molecule has 5 nitrogen and oxygen atoms in total. The third-order valence-corrected chi connectivity index (χ3v) is 6.97. The fourth-order valence-corrected chi connectivity index (χ4v) is 4.76. The van der Waals surface area contributed by atoms with E-state index in [1.165, 1.54) is 6.07 Å². The van der Waals surface area contributed by atoms with Crippen molar-refractivity contribution in [3.8, 4) is 0 Å². The third kappa shape index (κ3) is 4.99. The van der Waals surface area contributed by atoms with Gasteiger partial charge in [-0.25, -0.2) is 12.8 Å². The minimum atomic E-state index is -4.54. The van der Waals surface area contributed by atoms with Crippen LogP contribution < -0.4 is 5.32 Å². The first-order valence-corrected chi connectivity index (χ1v) is 10.7. The maximum atomic E-state index is 13.6. The largest absolute Gasteiger partial charge is 0.416 e. The van der Waals surface area contributed by atoms with Crippen molar-refractivity contribution >= 4 is 15.9 Å². The summed E-state index contributed by atoms with van der Waals surface area (Å²) in [6.07, 6.45) is -4.01. The second-order valence-corrected chi connectivity index (χ2v) is 8.95. The summed E-state index contributed by atoms with van der Waals surface area (Å²) in [7, 11) is -3.95. The van der Waals surface area contributed by atoms with Gasteiger partial charge in [-0.1, -0.05) is 18.2 Å². The summed E-state index contributed by atoms with van der Waals surface area (Å²) < 4.78 is 78.1. The number of hydrogen-bond donors (Lipinski definition) is 1. The molecule has 3 rings (SSSR count). The molecule has 2 aromatic rings. The number of nitrogens with zero attached hydrogens (tertiary/aromatic N) is 1. The third-order valence-electron chi connectivity index (χ3n) is 5.06. The number of hydrogen-bond acceptors (Lipinski definition) is 3. The number of alkyl halides is 3. The molecule has 0 aromatic heterocycles. The number of nitrogens with one attached hydrogen (secondary N) is 1. The molecule has 2 aromatic carbocycles. The lowest BCUT2D eigenvalue weighted by Gasteiger charge is -2.30. The van der Waals surface area contributed by atoms with E-state index in [1.54, 1.807) is 18.2 Å². The van der Waals surface area contributed by atoms with Gasteiger partial charge >= 0.3 is 6.18 Å². The van der Waals surface area contributed by atoms with Crippen molar-refractivity contribution in [3.05, 3.63) is 65.5 Å². The highest BCUT2D eigenvalue weighted by Gasteiger charge is 2.34. The van der Waals surface area contributed by atoms with Gasteiger partial charge in [0.2, 0.25) is 15.9 Å². The van der Waals surface area contributed by atoms with Gasteiger partial charge in [0.05, 0.1) is 10.5 Å². The Kier molecular flexibility index (Phi) is 6.47. The molecule has 0 unspecified atom stereocenters. The first-order chi connectivity index (χ1) is 14.1. The SMILES string of the molecule is O=C(NCc1ccccc1F)C1CCN(S(=O)(=O)c2ccc(C(F)(F)F)cc2)CC1. The predicted octanol–water partition coefficient (Wildman–Crippen LogP) is 3.56. The van der Waals surface area contributed by atoms with Crippen LogP contribution in [0.1, 0.15) is 24.0 Å². The highest BCUT2D eigenvalue weighted by atomic mass is 32.2. The van der Waals surface area contributed by atoms with Crippen molar-refractivity contribution in [1.29, 1.82) is 0 Å². The average Bonchev–Trinajstić information content (AvgIpc) is 2.72. The maximum absolute atomic E-state index is 13.6. The lowest BCUT2D eigenvalue weighted by Crippen LogP contribution is -2.42. The highest BCUT2D eigenvalue weighted by Crippen LogP contribution is 2.31. The van der Waals surface area contributed by atoms with Crippen molar-refractivity contribution in [2.45, 2.75) is 30.5 Å². The number of piperidine rings is 1. The molecule has 0 aliphatic carbocycles. The van der Waals surface area contributed by atoms with Gasteiger partial charge in [-0.3, -0.25) is 4.79 Å². The molecule has 1 amide bonds. The van der Waals surface area contributed by atoms with E-state index < -0.39 is 33.5 Å². The zero-order valence-electron chi connectivity index (χ0n) is 15.8. The van der Waals surface area contributed by atoms with Gasteiger partial charge in [0.15, 0.2) is 0 Å². The minimum absolute atomic E-state index is 0.0373. The normalized spacial score (nSPS) is 16.4. The number of halogens is 4. The van der Waals surface area contributed by atoms with Crippen LogP contribution in [0.2, 0.25) is 0 Å². The Morgan fingerprint density at radius 3 is 2.20 bits per heavy atom. The molecular formula is C20H20F4N2O3S. The van der Waals surface area contributed by atoms with Crippen LogP contribution in [-0.4, -0.2) is 31.7 Å². The Morgan fingerprint density at radius 2 is 1.63 bits per heavy atom. The van der Waals surface area contributed by atoms with Gasteiger partial charge in [0.1, 0.15) is 5.82 Å². The van der Waals surface area contributed by atoms with Gasteiger partial charge in [0, 0.05) is 31.1 Å². The van der Waals surface area contributed by atoms with Crippen LogP contribution in [0.25, 0.3) is 0 Å². The molecule has 162 valence electrons. The molecule has 1 aliphatic heterocycles. The van der Waals surface area contributed by atoms with Gasteiger partial charge < -0.3 is 5.32 Å². The Hall–Kier alpha value is -2.46. The zero-order valence-corrected chi connectivity index (χ0v) is 16.6. The van der Waals surface area contributed by atoms with Crippen molar-refractivity contribution in [2.75, 3.05) is 13.1 Å². The number of carbonyl (C=O) groups is 1. The van der Waals surface area contributed by atoms with E-state index in [9.17, 15) is 30.8 Å². The first kappa shape index (κ1) is 22.2. The van der Waals surface area contributed by atoms with Gasteiger partial charge in [0.25, 0.3) is 0 Å². The first-order valence-electron chi connectivity index (χ1n) is 9.27. The summed E-state index contributed by atoms with van der Waals surface area (Å²) in [6, 6.07) is 9.41. The smallest absolute Gasteiger partial charge is 0.352 e. The van der Waals surface area contributed by atoms with Crippen molar-refractivity contribution in [3.63, 3.8) is 0 Å². The molecule has 10 heteroatoms. The molecule has 1 saturated heterocycles. The number of benzene rings is 2. The summed E-state index contributed by atoms with van der Waals surface area (Å²) in [5, 5.41) is 2.66. The standard InChI is InChI=1S/C20H20F4N2O3S/c21-18-4-2-1-3-15(18)13-25-19(27)14-9-11-26(12-10-14)30(28,29)17-7-5-16(6-8-17)20(22,23)24/h1-8,14H,9-13H2,(H,25,27). The number of amides is 1. The molecule has 0 bridgehead atoms. The van der Waals surface area contributed by atoms with Crippen LogP contribution in [0.4, 0.5) is 17.6 Å². The maximum Gasteiger partial charge on any atom is 0.416 e. The molecule has 1 aliphatic rings. The topological polar surface area (TPSA) is 66.5 Å². The van der Waals surface area contributed by atoms with Crippen LogP contribution in [0.15, 0.2) is 53.4 Å². The lowest BCUT2D eigenvalue weighted by atomic mass is 9.97. The molecule has 30 heavy (non-hydrogen) atoms. The van der Waals surface area contributed by atoms with Crippen molar-refractivity contribution < 1.29 is 30.8 Å². The highest BCUT2D eigenvalue weighted by molar-refractivity contribution is 7.89. The monoisotopic (exact) mass is 444 g/mol. The molecule has 1 fully saturated rings. The molecule has 0 saturated carbocycles. The van der Waals surface area contributed by atoms with Crippen molar-refractivity contribution in [1.82, 2.24) is 9.62 Å². The van der Waals surface area contributed by atoms with Crippen LogP contribution in [0, 0.1) is 11.7 Å². The molecule has 0 radical (unpaired) electrons. The summed E-state index contributed by atoms with van der Waals surface area (Å²) in [5.74, 6) is -1.13. The van der Waals surface area contributed by atoms with E-state index in [2.05, 4.69) is 5.32 Å². The van der Waals surface area contributed by atoms with E-state index in [-0.39, 0.29) is 43.3 Å². The van der Waals surface area contributed by atoms with E-state index in [4.69, 9.17) is 0 Å². The summed E-state index contributed by atoms with van der Waals surface area (Å²) in [6.45, 7) is 0.178. The van der Waals surface area contributed by atoms with Crippen LogP contribution in [-0.2, 0) is 27.5 Å². The quantitative estimate of drug-likeness (QED) is 0.718.